The lowest BCUT2D eigenvalue weighted by Crippen LogP contribution is -2.42. The Morgan fingerprint density at radius 2 is 0.987 bits per heavy atom. The van der Waals surface area contributed by atoms with Crippen molar-refractivity contribution in [3.05, 3.63) is 47.6 Å². The summed E-state index contributed by atoms with van der Waals surface area (Å²) in [5.74, 6) is 0.520. The maximum atomic E-state index is 12.9. The minimum absolute atomic E-state index is 0.0617. The van der Waals surface area contributed by atoms with E-state index in [-0.39, 0.29) is 109 Å². The Balaban J connectivity index is 0.772. The highest BCUT2D eigenvalue weighted by Gasteiger charge is 2.44. The second-order valence-electron chi connectivity index (χ2n) is 24.1. The second kappa shape index (κ2) is 30.7. The molecule has 0 spiro atoms. The van der Waals surface area contributed by atoms with E-state index in [1.807, 2.05) is 27.7 Å². The van der Waals surface area contributed by atoms with Gasteiger partial charge < -0.3 is 33.7 Å². The van der Waals surface area contributed by atoms with Gasteiger partial charge in [0.05, 0.1) is 24.7 Å². The largest absolute Gasteiger partial charge is 0.462 e. The average Bonchev–Trinajstić information content (AvgIpc) is 3.37. The van der Waals surface area contributed by atoms with E-state index in [4.69, 9.17) is 28.4 Å². The Hall–Kier alpha value is -4.42. The van der Waals surface area contributed by atoms with Crippen LogP contribution in [0, 0.1) is 59.2 Å². The first-order valence-electron chi connectivity index (χ1n) is 30.2. The van der Waals surface area contributed by atoms with Gasteiger partial charge in [0.1, 0.15) is 36.6 Å². The van der Waals surface area contributed by atoms with Crippen LogP contribution in [0.1, 0.15) is 209 Å². The third-order valence-electron chi connectivity index (χ3n) is 17.7. The van der Waals surface area contributed by atoms with E-state index in [1.165, 1.54) is 30.4 Å². The molecule has 13 nitrogen and oxygen atoms in total. The van der Waals surface area contributed by atoms with Crippen molar-refractivity contribution in [3.63, 3.8) is 0 Å². The topological polar surface area (TPSA) is 170 Å². The van der Waals surface area contributed by atoms with Gasteiger partial charge in [-0.2, -0.15) is 0 Å². The van der Waals surface area contributed by atoms with Gasteiger partial charge in [-0.1, -0.05) is 150 Å². The maximum absolute atomic E-state index is 12.9. The number of alkyl carbamates (subject to hydrolysis) is 1. The number of carbonyl (C=O) groups is 6. The Morgan fingerprint density at radius 3 is 1.43 bits per heavy atom. The van der Waals surface area contributed by atoms with Crippen LogP contribution in [0.2, 0.25) is 0 Å². The number of ether oxygens (including phenoxy) is 6. The molecule has 4 aliphatic carbocycles. The van der Waals surface area contributed by atoms with E-state index in [2.05, 4.69) is 69.5 Å². The van der Waals surface area contributed by atoms with Gasteiger partial charge in [0.25, 0.3) is 0 Å². The molecule has 16 atom stereocenters. The van der Waals surface area contributed by atoms with Crippen molar-refractivity contribution in [3.8, 4) is 0 Å². The van der Waals surface area contributed by atoms with Crippen molar-refractivity contribution in [2.24, 2.45) is 59.2 Å². The fourth-order valence-electron chi connectivity index (χ4n) is 12.9. The molecule has 2 fully saturated rings. The van der Waals surface area contributed by atoms with Crippen molar-refractivity contribution in [1.29, 1.82) is 0 Å². The summed E-state index contributed by atoms with van der Waals surface area (Å²) in [6.07, 6.45) is 30.3. The predicted octanol–water partition coefficient (Wildman–Crippen LogP) is 13.4. The lowest BCUT2D eigenvalue weighted by atomic mass is 9.65. The molecule has 2 heterocycles. The van der Waals surface area contributed by atoms with Crippen LogP contribution in [-0.2, 0) is 52.4 Å². The smallest absolute Gasteiger partial charge is 0.407 e. The summed E-state index contributed by atoms with van der Waals surface area (Å²) in [6, 6.07) is 0. The third kappa shape index (κ3) is 18.6. The van der Waals surface area contributed by atoms with Gasteiger partial charge in [0, 0.05) is 37.6 Å². The summed E-state index contributed by atoms with van der Waals surface area (Å²) in [7, 11) is 0. The molecule has 0 aromatic rings. The number of esters is 5. The lowest BCUT2D eigenvalue weighted by molar-refractivity contribution is -0.170. The summed E-state index contributed by atoms with van der Waals surface area (Å²) in [5.41, 5.74) is 2.48. The molecular weight excluding hydrogens is 963 g/mol. The predicted molar refractivity (Wildman–Crippen MR) is 293 cm³/mol. The molecule has 0 radical (unpaired) electrons. The molecule has 0 aromatic carbocycles. The SMILES string of the molecule is CCC(C)C(=O)OC1CC(C)C=C2C=CC(C)C(CCC3CC(OC(=O)CCCCCCCCCCCCCNC(=O)OC4CC(=O)OC(CCC5C(C)C=CC6=CC(C)CC(OC(=O)C(C)CC)C65)C4)CC(=O)O3)C21. The average molecular weight is 1060 g/mol. The number of fused-ring (bicyclic) bond motifs is 2. The maximum Gasteiger partial charge on any atom is 0.407 e. The summed E-state index contributed by atoms with van der Waals surface area (Å²) in [5, 5.41) is 2.89. The molecule has 13 heteroatoms. The summed E-state index contributed by atoms with van der Waals surface area (Å²) in [4.78, 5) is 76.8. The standard InChI is InChI=1S/C63H97NO12/c1-9-42(5)61(68)75-54-34-40(3)32-46-25-23-44(7)52(59(46)54)29-27-48-36-50(38-57(66)71-48)73-56(65)22-20-18-16-14-12-11-13-15-17-19-21-31-64-63(70)74-51-37-49(72-58(67)39-51)28-30-53-45(8)24-26-47-33-41(4)35-55(60(47)53)76-62(69)43(6)10-2/h23-26,32-33,40-45,48-55,59-60H,9-22,27-31,34-39H2,1-8H3,(H,64,70). The number of hydrogen-bond donors (Lipinski definition) is 1. The van der Waals surface area contributed by atoms with Crippen LogP contribution < -0.4 is 5.32 Å². The zero-order valence-corrected chi connectivity index (χ0v) is 47.8. The highest BCUT2D eigenvalue weighted by Crippen LogP contribution is 2.47. The van der Waals surface area contributed by atoms with Gasteiger partial charge in [-0.05, 0) is 111 Å². The first kappa shape index (κ1) is 60.8. The minimum Gasteiger partial charge on any atom is -0.462 e. The van der Waals surface area contributed by atoms with Gasteiger partial charge in [0.15, 0.2) is 0 Å². The monoisotopic (exact) mass is 1060 g/mol. The van der Waals surface area contributed by atoms with Gasteiger partial charge in [0.2, 0.25) is 0 Å². The van der Waals surface area contributed by atoms with Crippen LogP contribution in [0.3, 0.4) is 0 Å². The molecule has 6 aliphatic rings. The first-order valence-corrected chi connectivity index (χ1v) is 30.2. The van der Waals surface area contributed by atoms with Crippen LogP contribution in [0.4, 0.5) is 4.79 Å². The summed E-state index contributed by atoms with van der Waals surface area (Å²) >= 11 is 0. The molecule has 6 rings (SSSR count). The Morgan fingerprint density at radius 1 is 0.566 bits per heavy atom. The quantitative estimate of drug-likeness (QED) is 0.0448. The fourth-order valence-corrected chi connectivity index (χ4v) is 12.9. The molecule has 76 heavy (non-hydrogen) atoms. The lowest BCUT2D eigenvalue weighted by Gasteiger charge is -2.43. The van der Waals surface area contributed by atoms with E-state index in [0.717, 1.165) is 89.9 Å². The van der Waals surface area contributed by atoms with Gasteiger partial charge in [-0.3, -0.25) is 24.0 Å². The van der Waals surface area contributed by atoms with E-state index in [0.29, 0.717) is 56.4 Å². The van der Waals surface area contributed by atoms with Crippen molar-refractivity contribution in [1.82, 2.24) is 5.32 Å². The van der Waals surface area contributed by atoms with Crippen molar-refractivity contribution in [2.45, 2.75) is 246 Å². The van der Waals surface area contributed by atoms with Gasteiger partial charge in [-0.15, -0.1) is 0 Å². The first-order chi connectivity index (χ1) is 36.5. The normalized spacial score (nSPS) is 31.7. The summed E-state index contributed by atoms with van der Waals surface area (Å²) < 4.78 is 35.5. The number of allylic oxidation sites excluding steroid dienone is 6. The number of hydrogen-bond acceptors (Lipinski definition) is 12. The Kier molecular flexibility index (Phi) is 24.5. The Labute approximate surface area is 456 Å². The molecule has 1 N–H and O–H groups in total. The number of unbranched alkanes of at least 4 members (excludes halogenated alkanes) is 10. The minimum atomic E-state index is -0.519. The number of carbonyl (C=O) groups excluding carboxylic acids is 6. The van der Waals surface area contributed by atoms with Crippen LogP contribution in [0.15, 0.2) is 47.6 Å². The molecule has 426 valence electrons. The van der Waals surface area contributed by atoms with E-state index >= 15 is 0 Å². The zero-order valence-electron chi connectivity index (χ0n) is 47.8. The van der Waals surface area contributed by atoms with Crippen molar-refractivity contribution in [2.75, 3.05) is 6.54 Å². The number of amides is 1. The van der Waals surface area contributed by atoms with Crippen molar-refractivity contribution >= 4 is 35.9 Å². The second-order valence-corrected chi connectivity index (χ2v) is 24.1. The third-order valence-corrected chi connectivity index (χ3v) is 17.7. The summed E-state index contributed by atoms with van der Waals surface area (Å²) in [6.45, 7) is 17.2. The molecule has 0 bridgehead atoms. The fraction of sp³-hybridized carbons (Fsp3) is 0.778. The Bertz CT molecular complexity index is 1900. The van der Waals surface area contributed by atoms with E-state index in [9.17, 15) is 28.8 Å². The van der Waals surface area contributed by atoms with E-state index in [1.54, 1.807) is 0 Å². The molecule has 0 saturated carbocycles. The molecule has 16 unspecified atom stereocenters. The van der Waals surface area contributed by atoms with Crippen LogP contribution in [0.5, 0.6) is 0 Å². The van der Waals surface area contributed by atoms with Crippen LogP contribution in [0.25, 0.3) is 0 Å². The van der Waals surface area contributed by atoms with Crippen LogP contribution >= 0.6 is 0 Å². The number of nitrogens with one attached hydrogen (secondary N) is 1. The molecule has 2 aliphatic heterocycles. The molecule has 2 saturated heterocycles. The molecule has 1 amide bonds. The highest BCUT2D eigenvalue weighted by molar-refractivity contribution is 5.74. The van der Waals surface area contributed by atoms with Gasteiger partial charge >= 0.3 is 35.9 Å². The molecule has 0 aromatic heterocycles. The van der Waals surface area contributed by atoms with E-state index < -0.39 is 18.3 Å². The molecular formula is C63H97NO12. The zero-order chi connectivity index (χ0) is 54.7. The van der Waals surface area contributed by atoms with Crippen molar-refractivity contribution < 1.29 is 57.2 Å². The number of cyclic esters (lactones) is 2. The van der Waals surface area contributed by atoms with Crippen LogP contribution in [-0.4, -0.2) is 79.1 Å². The van der Waals surface area contributed by atoms with Gasteiger partial charge in [-0.25, -0.2) is 4.79 Å². The highest BCUT2D eigenvalue weighted by atomic mass is 16.6. The number of rotatable bonds is 28.